The van der Waals surface area contributed by atoms with E-state index in [0.29, 0.717) is 65.0 Å². The van der Waals surface area contributed by atoms with E-state index in [1.807, 2.05) is 48.2 Å². The highest BCUT2D eigenvalue weighted by atomic mass is 35.5. The first kappa shape index (κ1) is 36.7. The highest BCUT2D eigenvalue weighted by molar-refractivity contribution is 6.35. The number of carbonyl (C=O) groups excluding carboxylic acids is 2. The molecule has 4 N–H and O–H groups in total. The minimum absolute atomic E-state index is 0.119. The summed E-state index contributed by atoms with van der Waals surface area (Å²) in [5, 5.41) is 19.6. The van der Waals surface area contributed by atoms with Crippen LogP contribution in [0.3, 0.4) is 0 Å². The van der Waals surface area contributed by atoms with Crippen molar-refractivity contribution in [2.24, 2.45) is 0 Å². The van der Waals surface area contributed by atoms with Crippen LogP contribution in [0.4, 0.5) is 5.69 Å². The average Bonchev–Trinajstić information content (AvgIpc) is 3.12. The number of aliphatic hydroxyl groups excluding tert-OH is 1. The van der Waals surface area contributed by atoms with E-state index in [9.17, 15) is 14.7 Å². The molecule has 1 aliphatic rings. The van der Waals surface area contributed by atoms with E-state index >= 15 is 0 Å². The van der Waals surface area contributed by atoms with Crippen molar-refractivity contribution in [1.29, 1.82) is 0 Å². The molecule has 50 heavy (non-hydrogen) atoms. The minimum atomic E-state index is -0.486. The number of pyridine rings is 3. The maximum absolute atomic E-state index is 13.3. The van der Waals surface area contributed by atoms with E-state index in [-0.39, 0.29) is 11.6 Å². The molecule has 264 valence electrons. The molecule has 0 spiro atoms. The highest BCUT2D eigenvalue weighted by Gasteiger charge is 2.22. The molecule has 13 heteroatoms. The van der Waals surface area contributed by atoms with E-state index in [0.717, 1.165) is 48.2 Å². The van der Waals surface area contributed by atoms with Gasteiger partial charge in [0.1, 0.15) is 11.4 Å². The van der Waals surface area contributed by atoms with Gasteiger partial charge in [0, 0.05) is 92.1 Å². The largest absolute Gasteiger partial charge is 0.496 e. The van der Waals surface area contributed by atoms with Crippen LogP contribution < -0.4 is 25.4 Å². The Balaban J connectivity index is 1.32. The number of hydrogen-bond acceptors (Lipinski definition) is 10. The molecule has 3 aromatic heterocycles. The fourth-order valence-corrected chi connectivity index (χ4v) is 6.26. The summed E-state index contributed by atoms with van der Waals surface area (Å²) in [6.07, 6.45) is 4.59. The first-order valence-electron chi connectivity index (χ1n) is 16.6. The molecule has 1 aliphatic heterocycles. The number of halogens is 1. The first-order valence-corrected chi connectivity index (χ1v) is 17.0. The maximum atomic E-state index is 13.3. The van der Waals surface area contributed by atoms with Crippen molar-refractivity contribution in [2.45, 2.75) is 58.8 Å². The Kier molecular flexibility index (Phi) is 12.4. The Hall–Kier alpha value is -4.62. The van der Waals surface area contributed by atoms with Crippen LogP contribution in [0.25, 0.3) is 22.5 Å². The molecule has 5 rings (SSSR count). The van der Waals surface area contributed by atoms with Crippen LogP contribution in [0.1, 0.15) is 53.9 Å². The molecule has 0 bridgehead atoms. The number of piperidine rings is 1. The number of amides is 2. The van der Waals surface area contributed by atoms with Crippen LogP contribution in [0.15, 0.2) is 54.9 Å². The van der Waals surface area contributed by atoms with Gasteiger partial charge in [0.2, 0.25) is 11.8 Å². The molecule has 4 aromatic rings. The summed E-state index contributed by atoms with van der Waals surface area (Å²) in [6.45, 7) is 8.16. The first-order chi connectivity index (χ1) is 24.1. The SMILES string of the molecule is COc1cc(C(=O)Nc2cccc(-c3nccc(-c4ccc(CNC5CCN(C(C)=O)CC5)c(OC)n4)c3Cl)c2C)ncc1CNC[C@H](C)O. The van der Waals surface area contributed by atoms with Crippen LogP contribution in [0.5, 0.6) is 11.6 Å². The molecular formula is C37H44ClN7O5. The lowest BCUT2D eigenvalue weighted by Crippen LogP contribution is -2.44. The second-order valence-electron chi connectivity index (χ2n) is 12.3. The molecule has 0 unspecified atom stereocenters. The molecule has 4 heterocycles. The molecule has 0 saturated carbocycles. The summed E-state index contributed by atoms with van der Waals surface area (Å²) >= 11 is 7.02. The Labute approximate surface area is 297 Å². The van der Waals surface area contributed by atoms with Crippen molar-refractivity contribution in [3.63, 3.8) is 0 Å². The van der Waals surface area contributed by atoms with Gasteiger partial charge in [-0.15, -0.1) is 0 Å². The smallest absolute Gasteiger partial charge is 0.274 e. The van der Waals surface area contributed by atoms with E-state index in [1.165, 1.54) is 7.11 Å². The van der Waals surface area contributed by atoms with Gasteiger partial charge < -0.3 is 35.4 Å². The van der Waals surface area contributed by atoms with Crippen LogP contribution in [-0.2, 0) is 17.9 Å². The Bertz CT molecular complexity index is 1830. The number of ether oxygens (including phenoxy) is 2. The zero-order valence-electron chi connectivity index (χ0n) is 29.0. The number of likely N-dealkylation sites (tertiary alicyclic amines) is 1. The molecule has 1 atom stereocenters. The number of benzene rings is 1. The van der Waals surface area contributed by atoms with Crippen LogP contribution in [0, 0.1) is 6.92 Å². The highest BCUT2D eigenvalue weighted by Crippen LogP contribution is 2.38. The van der Waals surface area contributed by atoms with Gasteiger partial charge in [0.25, 0.3) is 5.91 Å². The molecule has 1 saturated heterocycles. The molecule has 2 amide bonds. The second-order valence-corrected chi connectivity index (χ2v) is 12.7. The fraction of sp³-hybridized carbons (Fsp3) is 0.378. The fourth-order valence-electron chi connectivity index (χ4n) is 5.95. The predicted molar refractivity (Wildman–Crippen MR) is 193 cm³/mol. The summed E-state index contributed by atoms with van der Waals surface area (Å²) in [5.41, 5.74) is 5.89. The molecule has 0 radical (unpaired) electrons. The van der Waals surface area contributed by atoms with Gasteiger partial charge in [-0.3, -0.25) is 19.6 Å². The number of carbonyl (C=O) groups is 2. The predicted octanol–water partition coefficient (Wildman–Crippen LogP) is 5.01. The molecule has 1 aromatic carbocycles. The maximum Gasteiger partial charge on any atom is 0.274 e. The van der Waals surface area contributed by atoms with Crippen molar-refractivity contribution in [3.05, 3.63) is 82.3 Å². The van der Waals surface area contributed by atoms with Crippen LogP contribution in [-0.4, -0.2) is 82.8 Å². The molecule has 1 fully saturated rings. The van der Waals surface area contributed by atoms with Crippen LogP contribution in [0.2, 0.25) is 5.02 Å². The molecule has 12 nitrogen and oxygen atoms in total. The lowest BCUT2D eigenvalue weighted by molar-refractivity contribution is -0.129. The van der Waals surface area contributed by atoms with Gasteiger partial charge in [0.05, 0.1) is 36.7 Å². The van der Waals surface area contributed by atoms with Crippen molar-refractivity contribution >= 4 is 29.1 Å². The summed E-state index contributed by atoms with van der Waals surface area (Å²) < 4.78 is 11.2. The number of aromatic nitrogens is 3. The van der Waals surface area contributed by atoms with Crippen LogP contribution >= 0.6 is 11.6 Å². The number of hydrogen-bond donors (Lipinski definition) is 4. The topological polar surface area (TPSA) is 151 Å². The van der Waals surface area contributed by atoms with Gasteiger partial charge in [0.15, 0.2) is 0 Å². The lowest BCUT2D eigenvalue weighted by Gasteiger charge is -2.31. The number of nitrogens with one attached hydrogen (secondary N) is 3. The summed E-state index contributed by atoms with van der Waals surface area (Å²) in [6, 6.07) is 13.2. The van der Waals surface area contributed by atoms with Gasteiger partial charge in [-0.1, -0.05) is 29.8 Å². The zero-order chi connectivity index (χ0) is 35.8. The standard InChI is InChI=1S/C37H44ClN7O5/c1-22(46)18-39-19-26-21-42-32(17-33(26)49-4)36(48)43-30-8-6-7-28(23(30)2)35-34(38)29(11-14-40-35)31-10-9-25(37(44-31)50-5)20-41-27-12-15-45(16-13-27)24(3)47/h6-11,14,17,21-22,27,39,41,46H,12-13,15-16,18-20H2,1-5H3,(H,43,48)/t22-/m0/s1. The number of aliphatic hydroxyl groups is 1. The van der Waals surface area contributed by atoms with E-state index in [4.69, 9.17) is 26.1 Å². The Morgan fingerprint density at radius 3 is 2.52 bits per heavy atom. The van der Waals surface area contributed by atoms with Crippen molar-refractivity contribution in [2.75, 3.05) is 39.2 Å². The third kappa shape index (κ3) is 8.75. The summed E-state index contributed by atoms with van der Waals surface area (Å²) in [4.78, 5) is 40.6. The average molecular weight is 702 g/mol. The number of nitrogens with zero attached hydrogens (tertiary/aromatic N) is 4. The van der Waals surface area contributed by atoms with Crippen molar-refractivity contribution < 1.29 is 24.2 Å². The Morgan fingerprint density at radius 1 is 1.04 bits per heavy atom. The van der Waals surface area contributed by atoms with E-state index < -0.39 is 12.0 Å². The summed E-state index contributed by atoms with van der Waals surface area (Å²) in [7, 11) is 3.13. The molecular weight excluding hydrogens is 658 g/mol. The van der Waals surface area contributed by atoms with Gasteiger partial charge in [-0.05, 0) is 50.5 Å². The molecule has 0 aliphatic carbocycles. The Morgan fingerprint density at radius 2 is 1.82 bits per heavy atom. The van der Waals surface area contributed by atoms with Crippen molar-refractivity contribution in [1.82, 2.24) is 30.5 Å². The second kappa shape index (κ2) is 16.9. The number of rotatable bonds is 13. The number of anilines is 1. The summed E-state index contributed by atoms with van der Waals surface area (Å²) in [5.74, 6) is 0.740. The monoisotopic (exact) mass is 701 g/mol. The van der Waals surface area contributed by atoms with E-state index in [2.05, 4.69) is 25.9 Å². The van der Waals surface area contributed by atoms with E-state index in [1.54, 1.807) is 39.4 Å². The van der Waals surface area contributed by atoms with Gasteiger partial charge >= 0.3 is 0 Å². The lowest BCUT2D eigenvalue weighted by atomic mass is 10.0. The zero-order valence-corrected chi connectivity index (χ0v) is 29.8. The van der Waals surface area contributed by atoms with Gasteiger partial charge in [-0.2, -0.15) is 0 Å². The normalized spacial score (nSPS) is 13.9. The van der Waals surface area contributed by atoms with Crippen molar-refractivity contribution in [3.8, 4) is 34.1 Å². The quantitative estimate of drug-likeness (QED) is 0.150. The number of methoxy groups -OCH3 is 2. The third-order valence-electron chi connectivity index (χ3n) is 8.81. The third-order valence-corrected chi connectivity index (χ3v) is 9.19. The minimum Gasteiger partial charge on any atom is -0.496 e. The van der Waals surface area contributed by atoms with Gasteiger partial charge in [-0.25, -0.2) is 4.98 Å².